The zero-order chi connectivity index (χ0) is 14.0. The van der Waals surface area contributed by atoms with E-state index in [0.29, 0.717) is 11.5 Å². The van der Waals surface area contributed by atoms with Crippen molar-refractivity contribution in [1.29, 1.82) is 0 Å². The van der Waals surface area contributed by atoms with E-state index in [2.05, 4.69) is 4.90 Å². The normalized spacial score (nSPS) is 24.1. The number of hydrogen-bond acceptors (Lipinski definition) is 3. The zero-order valence-electron chi connectivity index (χ0n) is 11.6. The van der Waals surface area contributed by atoms with Crippen LogP contribution in [-0.4, -0.2) is 29.1 Å². The van der Waals surface area contributed by atoms with Crippen LogP contribution in [0.1, 0.15) is 38.3 Å². The minimum absolute atomic E-state index is 0.0113. The fourth-order valence-electron chi connectivity index (χ4n) is 2.88. The van der Waals surface area contributed by atoms with Crippen molar-refractivity contribution in [1.82, 2.24) is 4.90 Å². The molecule has 19 heavy (non-hydrogen) atoms. The molecule has 0 saturated carbocycles. The van der Waals surface area contributed by atoms with Gasteiger partial charge in [0.1, 0.15) is 11.6 Å². The highest BCUT2D eigenvalue weighted by Gasteiger charge is 2.27. The van der Waals surface area contributed by atoms with Crippen molar-refractivity contribution in [2.45, 2.75) is 38.8 Å². The standard InChI is InChI=1S/C15H23FN2O/c1-10(17)12-4-3-7-18(9-12)11(2)14-8-13(16)5-6-15(14)19/h5-6,8,10-12,19H,3-4,7,9,17H2,1-2H3. The Kier molecular flexibility index (Phi) is 4.42. The Hall–Kier alpha value is -1.13. The highest BCUT2D eigenvalue weighted by molar-refractivity contribution is 5.35. The van der Waals surface area contributed by atoms with Gasteiger partial charge in [-0.1, -0.05) is 0 Å². The second kappa shape index (κ2) is 5.88. The molecule has 1 aromatic rings. The number of likely N-dealkylation sites (tertiary alicyclic amines) is 1. The highest BCUT2D eigenvalue weighted by atomic mass is 19.1. The van der Waals surface area contributed by atoms with Crippen LogP contribution in [0, 0.1) is 11.7 Å². The number of nitrogens with two attached hydrogens (primary N) is 1. The topological polar surface area (TPSA) is 49.5 Å². The quantitative estimate of drug-likeness (QED) is 0.884. The molecule has 3 unspecified atom stereocenters. The van der Waals surface area contributed by atoms with Crippen molar-refractivity contribution in [3.63, 3.8) is 0 Å². The molecule has 1 saturated heterocycles. The molecule has 106 valence electrons. The number of nitrogens with zero attached hydrogens (tertiary/aromatic N) is 1. The summed E-state index contributed by atoms with van der Waals surface area (Å²) in [5.74, 6) is 0.337. The van der Waals surface area contributed by atoms with Gasteiger partial charge in [-0.15, -0.1) is 0 Å². The maximum atomic E-state index is 13.3. The van der Waals surface area contributed by atoms with Gasteiger partial charge in [-0.25, -0.2) is 4.39 Å². The summed E-state index contributed by atoms with van der Waals surface area (Å²) in [7, 11) is 0. The van der Waals surface area contributed by atoms with Crippen molar-refractivity contribution >= 4 is 0 Å². The summed E-state index contributed by atoms with van der Waals surface area (Å²) in [5, 5.41) is 9.89. The lowest BCUT2D eigenvalue weighted by Crippen LogP contribution is -2.43. The smallest absolute Gasteiger partial charge is 0.123 e. The molecule has 0 spiro atoms. The Bertz CT molecular complexity index is 436. The Morgan fingerprint density at radius 1 is 1.42 bits per heavy atom. The Labute approximate surface area is 114 Å². The SMILES string of the molecule is CC(N)C1CCCN(C(C)c2cc(F)ccc2O)C1. The summed E-state index contributed by atoms with van der Waals surface area (Å²) in [6.07, 6.45) is 2.25. The third-order valence-electron chi connectivity index (χ3n) is 4.22. The summed E-state index contributed by atoms with van der Waals surface area (Å²) in [6.45, 7) is 5.94. The first-order valence-corrected chi connectivity index (χ1v) is 6.97. The van der Waals surface area contributed by atoms with Crippen LogP contribution >= 0.6 is 0 Å². The van der Waals surface area contributed by atoms with E-state index in [1.807, 2.05) is 13.8 Å². The number of phenols is 1. The van der Waals surface area contributed by atoms with Gasteiger partial charge in [0, 0.05) is 24.2 Å². The van der Waals surface area contributed by atoms with Gasteiger partial charge in [0.15, 0.2) is 0 Å². The van der Waals surface area contributed by atoms with Crippen molar-refractivity contribution in [3.05, 3.63) is 29.6 Å². The van der Waals surface area contributed by atoms with E-state index in [-0.39, 0.29) is 23.7 Å². The summed E-state index contributed by atoms with van der Waals surface area (Å²) >= 11 is 0. The average Bonchev–Trinajstić information content (AvgIpc) is 2.41. The lowest BCUT2D eigenvalue weighted by Gasteiger charge is -2.38. The Morgan fingerprint density at radius 3 is 2.84 bits per heavy atom. The predicted octanol–water partition coefficient (Wildman–Crippen LogP) is 2.65. The van der Waals surface area contributed by atoms with Crippen LogP contribution in [0.4, 0.5) is 4.39 Å². The largest absolute Gasteiger partial charge is 0.508 e. The first-order valence-electron chi connectivity index (χ1n) is 6.97. The summed E-state index contributed by atoms with van der Waals surface area (Å²) in [5.41, 5.74) is 6.64. The number of rotatable bonds is 3. The second-order valence-corrected chi connectivity index (χ2v) is 5.64. The molecule has 3 atom stereocenters. The van der Waals surface area contributed by atoms with Crippen LogP contribution in [0.5, 0.6) is 5.75 Å². The summed E-state index contributed by atoms with van der Waals surface area (Å²) in [6, 6.07) is 4.32. The molecule has 4 heteroatoms. The van der Waals surface area contributed by atoms with Gasteiger partial charge in [0.2, 0.25) is 0 Å². The van der Waals surface area contributed by atoms with Gasteiger partial charge >= 0.3 is 0 Å². The molecule has 1 aliphatic rings. The summed E-state index contributed by atoms with van der Waals surface area (Å²) in [4.78, 5) is 2.28. The van der Waals surface area contributed by atoms with E-state index in [1.165, 1.54) is 18.2 Å². The lowest BCUT2D eigenvalue weighted by atomic mass is 9.90. The second-order valence-electron chi connectivity index (χ2n) is 5.64. The van der Waals surface area contributed by atoms with Gasteiger partial charge in [-0.2, -0.15) is 0 Å². The van der Waals surface area contributed by atoms with Crippen LogP contribution in [0.3, 0.4) is 0 Å². The fraction of sp³-hybridized carbons (Fsp3) is 0.600. The van der Waals surface area contributed by atoms with E-state index in [0.717, 1.165) is 25.9 Å². The van der Waals surface area contributed by atoms with Gasteiger partial charge in [-0.05, 0) is 57.4 Å². The minimum atomic E-state index is -0.305. The number of aromatic hydroxyl groups is 1. The van der Waals surface area contributed by atoms with E-state index in [4.69, 9.17) is 5.73 Å². The first-order chi connectivity index (χ1) is 8.99. The number of halogens is 1. The monoisotopic (exact) mass is 266 g/mol. The molecule has 1 fully saturated rings. The van der Waals surface area contributed by atoms with Crippen molar-refractivity contribution < 1.29 is 9.50 Å². The maximum Gasteiger partial charge on any atom is 0.123 e. The predicted molar refractivity (Wildman–Crippen MR) is 74.4 cm³/mol. The molecule has 0 radical (unpaired) electrons. The third kappa shape index (κ3) is 3.25. The molecule has 0 amide bonds. The van der Waals surface area contributed by atoms with Gasteiger partial charge in [-0.3, -0.25) is 4.90 Å². The molecule has 0 bridgehead atoms. The molecule has 1 aliphatic heterocycles. The first kappa shape index (κ1) is 14.3. The van der Waals surface area contributed by atoms with Crippen LogP contribution in [-0.2, 0) is 0 Å². The van der Waals surface area contributed by atoms with Crippen molar-refractivity contribution in [2.75, 3.05) is 13.1 Å². The number of benzene rings is 1. The molecule has 3 nitrogen and oxygen atoms in total. The molecule has 3 N–H and O–H groups in total. The van der Waals surface area contributed by atoms with E-state index in [9.17, 15) is 9.50 Å². The zero-order valence-corrected chi connectivity index (χ0v) is 11.6. The van der Waals surface area contributed by atoms with Crippen LogP contribution in [0.2, 0.25) is 0 Å². The van der Waals surface area contributed by atoms with Gasteiger partial charge in [0.05, 0.1) is 0 Å². The van der Waals surface area contributed by atoms with E-state index in [1.54, 1.807) is 0 Å². The molecular formula is C15H23FN2O. The Morgan fingerprint density at radius 2 is 2.16 bits per heavy atom. The van der Waals surface area contributed by atoms with Gasteiger partial charge in [0.25, 0.3) is 0 Å². The van der Waals surface area contributed by atoms with Crippen LogP contribution in [0.25, 0.3) is 0 Å². The average molecular weight is 266 g/mol. The molecule has 2 rings (SSSR count). The molecule has 0 aromatic heterocycles. The maximum absolute atomic E-state index is 13.3. The summed E-state index contributed by atoms with van der Waals surface area (Å²) < 4.78 is 13.3. The third-order valence-corrected chi connectivity index (χ3v) is 4.22. The van der Waals surface area contributed by atoms with Gasteiger partial charge < -0.3 is 10.8 Å². The van der Waals surface area contributed by atoms with E-state index < -0.39 is 0 Å². The molecule has 1 heterocycles. The number of phenolic OH excluding ortho intramolecular Hbond substituents is 1. The fourth-order valence-corrected chi connectivity index (χ4v) is 2.88. The number of hydrogen-bond donors (Lipinski definition) is 2. The molecule has 1 aromatic carbocycles. The van der Waals surface area contributed by atoms with Crippen LogP contribution < -0.4 is 5.73 Å². The lowest BCUT2D eigenvalue weighted by molar-refractivity contribution is 0.120. The Balaban J connectivity index is 2.14. The molecule has 0 aliphatic carbocycles. The van der Waals surface area contributed by atoms with Crippen molar-refractivity contribution in [3.8, 4) is 5.75 Å². The van der Waals surface area contributed by atoms with Crippen molar-refractivity contribution in [2.24, 2.45) is 11.7 Å². The van der Waals surface area contributed by atoms with E-state index >= 15 is 0 Å². The van der Waals surface area contributed by atoms with Crippen LogP contribution in [0.15, 0.2) is 18.2 Å². The minimum Gasteiger partial charge on any atom is -0.508 e. The molecular weight excluding hydrogens is 243 g/mol. The number of piperidine rings is 1. The highest BCUT2D eigenvalue weighted by Crippen LogP contribution is 2.32.